The molecule has 220 valence electrons. The van der Waals surface area contributed by atoms with Crippen molar-refractivity contribution in [3.8, 4) is 11.5 Å². The Labute approximate surface area is 242 Å². The Bertz CT molecular complexity index is 1640. The van der Waals surface area contributed by atoms with Gasteiger partial charge < -0.3 is 15.2 Å². The molecule has 0 spiro atoms. The summed E-state index contributed by atoms with van der Waals surface area (Å²) in [7, 11) is -4.99. The van der Waals surface area contributed by atoms with Gasteiger partial charge in [-0.15, -0.1) is 0 Å². The fourth-order valence-electron chi connectivity index (χ4n) is 3.84. The number of rotatable bonds is 10. The van der Waals surface area contributed by atoms with Crippen LogP contribution in [0.4, 0.5) is 34.6 Å². The third kappa shape index (κ3) is 8.15. The van der Waals surface area contributed by atoms with Gasteiger partial charge in [0.25, 0.3) is 5.91 Å². The monoisotopic (exact) mass is 622 g/mol. The molecule has 42 heavy (non-hydrogen) atoms. The van der Waals surface area contributed by atoms with Crippen molar-refractivity contribution >= 4 is 45.0 Å². The van der Waals surface area contributed by atoms with E-state index in [1.54, 1.807) is 30.3 Å². The summed E-state index contributed by atoms with van der Waals surface area (Å²) in [6.07, 6.45) is 0. The Morgan fingerprint density at radius 3 is 2.19 bits per heavy atom. The number of halogens is 4. The lowest BCUT2D eigenvalue weighted by atomic mass is 10.1. The highest BCUT2D eigenvalue weighted by Crippen LogP contribution is 2.42. The van der Waals surface area contributed by atoms with Crippen LogP contribution in [0.15, 0.2) is 97.1 Å². The second-order valence-electron chi connectivity index (χ2n) is 8.67. The molecular weight excluding hydrogens is 600 g/mol. The molecule has 0 saturated heterocycles. The summed E-state index contributed by atoms with van der Waals surface area (Å²) in [5.74, 6) is -1.64. The summed E-state index contributed by atoms with van der Waals surface area (Å²) in [6.45, 7) is -0.283. The van der Waals surface area contributed by atoms with Crippen molar-refractivity contribution in [3.63, 3.8) is 0 Å². The number of aromatic hydroxyl groups is 1. The van der Waals surface area contributed by atoms with Gasteiger partial charge in [-0.05, 0) is 84.1 Å². The van der Waals surface area contributed by atoms with Crippen LogP contribution in [-0.4, -0.2) is 36.1 Å². The van der Waals surface area contributed by atoms with E-state index in [0.717, 1.165) is 36.4 Å². The van der Waals surface area contributed by atoms with E-state index in [1.807, 2.05) is 0 Å². The Hall–Kier alpha value is -4.27. The van der Waals surface area contributed by atoms with Crippen molar-refractivity contribution in [2.75, 3.05) is 16.2 Å². The van der Waals surface area contributed by atoms with Crippen LogP contribution in [0.1, 0.15) is 21.2 Å². The number of hydrogen-bond acceptors (Lipinski definition) is 6. The van der Waals surface area contributed by atoms with Gasteiger partial charge >= 0.3 is 15.8 Å². The van der Waals surface area contributed by atoms with Gasteiger partial charge in [0.1, 0.15) is 29.6 Å². The molecule has 0 radical (unpaired) electrons. The van der Waals surface area contributed by atoms with E-state index in [9.17, 15) is 40.4 Å². The standard InChI is InChI=1S/C28H22F4N2O6S2/c29-20-8-11-22(12-9-20)34(42(37,38)39)24-16-21(10-15-25(24)35)33-27(36)19-6-13-23(14-7-19)40-17-26(41-28(30,31)32)18-4-2-1-3-5-18/h1-16,26,35H,17H2,(H,33,36)(H,37,38,39). The molecule has 3 N–H and O–H groups in total. The number of ether oxygens (including phenoxy) is 1. The fourth-order valence-corrected chi connectivity index (χ4v) is 5.38. The summed E-state index contributed by atoms with van der Waals surface area (Å²) >= 11 is -0.192. The lowest BCUT2D eigenvalue weighted by molar-refractivity contribution is -0.0337. The zero-order valence-corrected chi connectivity index (χ0v) is 23.0. The summed E-state index contributed by atoms with van der Waals surface area (Å²) in [5, 5.41) is 11.8. The van der Waals surface area contributed by atoms with Gasteiger partial charge in [-0.2, -0.15) is 21.6 Å². The number of carbonyl (C=O) groups excluding carboxylic acids is 1. The molecule has 0 aliphatic heterocycles. The van der Waals surface area contributed by atoms with Crippen molar-refractivity contribution < 1.29 is 45.2 Å². The second-order valence-corrected chi connectivity index (χ2v) is 11.2. The molecule has 0 saturated carbocycles. The Morgan fingerprint density at radius 2 is 1.60 bits per heavy atom. The highest BCUT2D eigenvalue weighted by Gasteiger charge is 2.34. The van der Waals surface area contributed by atoms with E-state index in [-0.39, 0.29) is 41.1 Å². The smallest absolute Gasteiger partial charge is 0.442 e. The van der Waals surface area contributed by atoms with Crippen molar-refractivity contribution in [2.45, 2.75) is 10.8 Å². The highest BCUT2D eigenvalue weighted by atomic mass is 32.2. The van der Waals surface area contributed by atoms with E-state index in [2.05, 4.69) is 5.32 Å². The topological polar surface area (TPSA) is 116 Å². The summed E-state index contributed by atoms with van der Waals surface area (Å²) in [6, 6.07) is 21.2. The predicted octanol–water partition coefficient (Wildman–Crippen LogP) is 7.10. The van der Waals surface area contributed by atoms with Crippen molar-refractivity contribution in [3.05, 3.63) is 114 Å². The molecular formula is C28H22F4N2O6S2. The molecule has 1 unspecified atom stereocenters. The van der Waals surface area contributed by atoms with E-state index >= 15 is 0 Å². The van der Waals surface area contributed by atoms with Crippen LogP contribution in [0, 0.1) is 5.82 Å². The quantitative estimate of drug-likeness (QED) is 0.0982. The molecule has 0 aliphatic rings. The van der Waals surface area contributed by atoms with Gasteiger partial charge in [0, 0.05) is 11.3 Å². The largest absolute Gasteiger partial charge is 0.506 e. The number of phenolic OH excluding ortho intramolecular Hbond substituents is 1. The average Bonchev–Trinajstić information content (AvgIpc) is 2.93. The molecule has 4 aromatic rings. The van der Waals surface area contributed by atoms with E-state index in [0.29, 0.717) is 9.87 Å². The van der Waals surface area contributed by atoms with E-state index < -0.39 is 44.2 Å². The zero-order chi connectivity index (χ0) is 30.5. The molecule has 4 rings (SSSR count). The van der Waals surface area contributed by atoms with Crippen LogP contribution in [0.2, 0.25) is 0 Å². The van der Waals surface area contributed by atoms with E-state index in [4.69, 9.17) is 4.74 Å². The van der Waals surface area contributed by atoms with Gasteiger partial charge in [0.15, 0.2) is 0 Å². The molecule has 0 aromatic heterocycles. The number of benzene rings is 4. The first-order valence-electron chi connectivity index (χ1n) is 12.0. The molecule has 14 heteroatoms. The highest BCUT2D eigenvalue weighted by molar-refractivity contribution is 8.00. The number of thioether (sulfide) groups is 1. The minimum atomic E-state index is -4.99. The van der Waals surface area contributed by atoms with Gasteiger partial charge in [-0.25, -0.2) is 8.70 Å². The lowest BCUT2D eigenvalue weighted by Gasteiger charge is -2.22. The van der Waals surface area contributed by atoms with Crippen molar-refractivity contribution in [1.29, 1.82) is 0 Å². The molecule has 0 heterocycles. The van der Waals surface area contributed by atoms with Gasteiger partial charge in [-0.1, -0.05) is 30.3 Å². The van der Waals surface area contributed by atoms with Gasteiger partial charge in [0.05, 0.1) is 10.9 Å². The first-order valence-corrected chi connectivity index (χ1v) is 14.3. The number of hydrogen-bond donors (Lipinski definition) is 3. The number of nitrogens with one attached hydrogen (secondary N) is 1. The summed E-state index contributed by atoms with van der Waals surface area (Å²) in [4.78, 5) is 12.8. The number of anilines is 3. The third-order valence-electron chi connectivity index (χ3n) is 5.71. The van der Waals surface area contributed by atoms with E-state index in [1.165, 1.54) is 30.3 Å². The molecule has 0 aliphatic carbocycles. The maximum Gasteiger partial charge on any atom is 0.442 e. The van der Waals surface area contributed by atoms with Gasteiger partial charge in [-0.3, -0.25) is 9.35 Å². The summed E-state index contributed by atoms with van der Waals surface area (Å²) < 4.78 is 92.6. The van der Waals surface area contributed by atoms with Crippen LogP contribution in [0.5, 0.6) is 11.5 Å². The lowest BCUT2D eigenvalue weighted by Crippen LogP contribution is -2.25. The van der Waals surface area contributed by atoms with Crippen LogP contribution in [0.3, 0.4) is 0 Å². The molecule has 0 bridgehead atoms. The van der Waals surface area contributed by atoms with Crippen LogP contribution < -0.4 is 14.4 Å². The maximum atomic E-state index is 13.4. The fraction of sp³-hybridized carbons (Fsp3) is 0.107. The van der Waals surface area contributed by atoms with Gasteiger partial charge in [0.2, 0.25) is 0 Å². The first kappa shape index (κ1) is 30.7. The molecule has 0 fully saturated rings. The SMILES string of the molecule is O=C(Nc1ccc(O)c(N(c2ccc(F)cc2)S(=O)(=O)O)c1)c1ccc(OCC(SC(F)(F)F)c2ccccc2)cc1. The molecule has 4 aromatic carbocycles. The number of amides is 1. The predicted molar refractivity (Wildman–Crippen MR) is 151 cm³/mol. The van der Waals surface area contributed by atoms with Crippen LogP contribution >= 0.6 is 11.8 Å². The first-order chi connectivity index (χ1) is 19.8. The van der Waals surface area contributed by atoms with Crippen LogP contribution in [0.25, 0.3) is 0 Å². The van der Waals surface area contributed by atoms with Crippen molar-refractivity contribution in [2.24, 2.45) is 0 Å². The Morgan fingerprint density at radius 1 is 0.952 bits per heavy atom. The Balaban J connectivity index is 1.48. The second kappa shape index (κ2) is 12.7. The third-order valence-corrected chi connectivity index (χ3v) is 7.54. The normalized spacial score (nSPS) is 12.4. The van der Waals surface area contributed by atoms with Crippen molar-refractivity contribution in [1.82, 2.24) is 0 Å². The number of nitrogens with zero attached hydrogens (tertiary/aromatic N) is 1. The molecule has 1 amide bonds. The number of carbonyl (C=O) groups is 1. The maximum absolute atomic E-state index is 13.4. The molecule has 8 nitrogen and oxygen atoms in total. The van der Waals surface area contributed by atoms with Crippen LogP contribution in [-0.2, 0) is 10.3 Å². The number of phenols is 1. The summed E-state index contributed by atoms with van der Waals surface area (Å²) in [5.41, 5.74) is -4.47. The average molecular weight is 623 g/mol. The minimum Gasteiger partial charge on any atom is -0.506 e. The minimum absolute atomic E-state index is 0.0405. The zero-order valence-electron chi connectivity index (χ0n) is 21.3. The number of alkyl halides is 3. The Kier molecular flexibility index (Phi) is 9.29. The molecule has 1 atom stereocenters.